The van der Waals surface area contributed by atoms with Crippen LogP contribution in [0.4, 0.5) is 0 Å². The Labute approximate surface area is 102 Å². The lowest BCUT2D eigenvalue weighted by Gasteiger charge is -2.04. The molecule has 0 atom stereocenters. The summed E-state index contributed by atoms with van der Waals surface area (Å²) in [4.78, 5) is 15.6. The second-order valence-electron chi connectivity index (χ2n) is 3.20. The molecule has 0 heterocycles. The first-order valence-electron chi connectivity index (χ1n) is 5.57. The van der Waals surface area contributed by atoms with E-state index in [0.717, 1.165) is 0 Å². The number of aliphatic hydroxyl groups excluding tert-OH is 1. The number of allylic oxidation sites excluding steroid dienone is 2. The third-order valence-electron chi connectivity index (χ3n) is 1.82. The summed E-state index contributed by atoms with van der Waals surface area (Å²) in [5.74, 6) is -0.490. The summed E-state index contributed by atoms with van der Waals surface area (Å²) in [7, 11) is 0. The molecule has 17 heavy (non-hydrogen) atoms. The minimum atomic E-state index is -0.490. The van der Waals surface area contributed by atoms with Crippen molar-refractivity contribution in [2.24, 2.45) is 10.7 Å². The molecule has 0 aromatic heterocycles. The zero-order chi connectivity index (χ0) is 13.1. The van der Waals surface area contributed by atoms with Gasteiger partial charge in [-0.1, -0.05) is 6.08 Å². The summed E-state index contributed by atoms with van der Waals surface area (Å²) >= 11 is 0. The van der Waals surface area contributed by atoms with Gasteiger partial charge in [-0.3, -0.25) is 4.99 Å². The number of ether oxygens (including phenoxy) is 1. The third-order valence-corrected chi connectivity index (χ3v) is 1.82. The molecule has 0 aromatic rings. The summed E-state index contributed by atoms with van der Waals surface area (Å²) in [6.07, 6.45) is 5.29. The van der Waals surface area contributed by atoms with Crippen LogP contribution < -0.4 is 5.73 Å². The van der Waals surface area contributed by atoms with Gasteiger partial charge in [0.15, 0.2) is 0 Å². The topological polar surface area (TPSA) is 84.9 Å². The molecule has 0 saturated carbocycles. The maximum atomic E-state index is 11.6. The molecular formula is C12H20N2O3. The van der Waals surface area contributed by atoms with Crippen LogP contribution in [0, 0.1) is 0 Å². The monoisotopic (exact) mass is 240 g/mol. The van der Waals surface area contributed by atoms with Crippen LogP contribution in [-0.2, 0) is 9.53 Å². The fourth-order valence-corrected chi connectivity index (χ4v) is 1.04. The molecule has 0 saturated heterocycles. The van der Waals surface area contributed by atoms with Crippen molar-refractivity contribution < 1.29 is 14.6 Å². The third kappa shape index (κ3) is 6.52. The smallest absolute Gasteiger partial charge is 0.341 e. The van der Waals surface area contributed by atoms with Crippen molar-refractivity contribution in [3.05, 3.63) is 23.4 Å². The molecule has 0 amide bonds. The van der Waals surface area contributed by atoms with E-state index in [2.05, 4.69) is 4.99 Å². The van der Waals surface area contributed by atoms with E-state index in [9.17, 15) is 4.79 Å². The Morgan fingerprint density at radius 1 is 1.53 bits per heavy atom. The van der Waals surface area contributed by atoms with E-state index in [4.69, 9.17) is 15.6 Å². The lowest BCUT2D eigenvalue weighted by Crippen LogP contribution is -2.14. The second-order valence-corrected chi connectivity index (χ2v) is 3.20. The molecule has 0 aromatic carbocycles. The van der Waals surface area contributed by atoms with Crippen molar-refractivity contribution in [3.8, 4) is 0 Å². The van der Waals surface area contributed by atoms with E-state index in [1.807, 2.05) is 0 Å². The van der Waals surface area contributed by atoms with Crippen LogP contribution in [0.5, 0.6) is 0 Å². The van der Waals surface area contributed by atoms with Crippen molar-refractivity contribution in [2.75, 3.05) is 19.8 Å². The zero-order valence-electron chi connectivity index (χ0n) is 10.3. The van der Waals surface area contributed by atoms with Gasteiger partial charge in [-0.25, -0.2) is 4.79 Å². The Kier molecular flexibility index (Phi) is 8.68. The Balaban J connectivity index is 4.80. The van der Waals surface area contributed by atoms with Gasteiger partial charge in [0.1, 0.15) is 5.57 Å². The van der Waals surface area contributed by atoms with Crippen molar-refractivity contribution in [3.63, 3.8) is 0 Å². The van der Waals surface area contributed by atoms with Crippen molar-refractivity contribution in [1.29, 1.82) is 0 Å². The van der Waals surface area contributed by atoms with Crippen LogP contribution in [0.25, 0.3) is 0 Å². The van der Waals surface area contributed by atoms with Gasteiger partial charge < -0.3 is 15.6 Å². The van der Waals surface area contributed by atoms with Crippen molar-refractivity contribution >= 4 is 12.2 Å². The van der Waals surface area contributed by atoms with E-state index in [1.165, 1.54) is 6.21 Å². The minimum absolute atomic E-state index is 0.0696. The fourth-order valence-electron chi connectivity index (χ4n) is 1.04. The number of nitrogens with zero attached hydrogens (tertiary/aromatic N) is 1. The zero-order valence-corrected chi connectivity index (χ0v) is 10.3. The summed E-state index contributed by atoms with van der Waals surface area (Å²) in [5.41, 5.74) is 6.28. The van der Waals surface area contributed by atoms with Gasteiger partial charge in [0.25, 0.3) is 0 Å². The number of nitrogens with two attached hydrogens (primary N) is 1. The number of carbonyl (C=O) groups is 1. The van der Waals surface area contributed by atoms with Crippen LogP contribution in [0.15, 0.2) is 28.4 Å². The molecule has 0 fully saturated rings. The van der Waals surface area contributed by atoms with Gasteiger partial charge in [-0.15, -0.1) is 0 Å². The molecule has 0 aliphatic carbocycles. The maximum Gasteiger partial charge on any atom is 0.341 e. The van der Waals surface area contributed by atoms with E-state index >= 15 is 0 Å². The number of carbonyl (C=O) groups excluding carboxylic acids is 1. The molecule has 0 bridgehead atoms. The van der Waals surface area contributed by atoms with E-state index in [-0.39, 0.29) is 18.8 Å². The molecule has 0 radical (unpaired) electrons. The molecule has 0 aliphatic heterocycles. The average molecular weight is 240 g/mol. The van der Waals surface area contributed by atoms with Gasteiger partial charge in [0, 0.05) is 25.1 Å². The Bertz CT molecular complexity index is 320. The molecule has 3 N–H and O–H groups in total. The van der Waals surface area contributed by atoms with Crippen molar-refractivity contribution in [2.45, 2.75) is 20.3 Å². The molecule has 0 unspecified atom stereocenters. The molecule has 96 valence electrons. The summed E-state index contributed by atoms with van der Waals surface area (Å²) in [6.45, 7) is 4.33. The molecular weight excluding hydrogens is 220 g/mol. The molecule has 5 nitrogen and oxygen atoms in total. The SMILES string of the molecule is C/C=C/C(N)=C(C=NCCCO)C(=O)OCC. The number of rotatable bonds is 7. The minimum Gasteiger partial charge on any atom is -0.462 e. The van der Waals surface area contributed by atoms with Gasteiger partial charge in [0.05, 0.1) is 6.61 Å². The Morgan fingerprint density at radius 3 is 2.76 bits per heavy atom. The summed E-state index contributed by atoms with van der Waals surface area (Å²) in [5, 5.41) is 8.60. The standard InChI is InChI=1S/C12H20N2O3/c1-3-6-11(13)10(12(16)17-4-2)9-14-7-5-8-15/h3,6,9,15H,4-5,7-8,13H2,1-2H3/b6-3+,11-10?,14-9?. The van der Waals surface area contributed by atoms with E-state index in [1.54, 1.807) is 26.0 Å². The predicted molar refractivity (Wildman–Crippen MR) is 67.7 cm³/mol. The van der Waals surface area contributed by atoms with Crippen LogP contribution in [0.1, 0.15) is 20.3 Å². The summed E-state index contributed by atoms with van der Waals surface area (Å²) < 4.78 is 4.88. The molecule has 0 aliphatic rings. The van der Waals surface area contributed by atoms with Gasteiger partial charge in [0.2, 0.25) is 0 Å². The highest BCUT2D eigenvalue weighted by atomic mass is 16.5. The van der Waals surface area contributed by atoms with E-state index < -0.39 is 5.97 Å². The molecule has 0 rings (SSSR count). The van der Waals surface area contributed by atoms with Crippen LogP contribution >= 0.6 is 0 Å². The lowest BCUT2D eigenvalue weighted by atomic mass is 10.2. The van der Waals surface area contributed by atoms with Crippen LogP contribution in [-0.4, -0.2) is 37.0 Å². The number of hydrogen-bond acceptors (Lipinski definition) is 5. The Hall–Kier alpha value is -1.62. The molecule has 0 spiro atoms. The highest BCUT2D eigenvalue weighted by molar-refractivity contribution is 6.10. The van der Waals surface area contributed by atoms with E-state index in [0.29, 0.717) is 18.7 Å². The van der Waals surface area contributed by atoms with Gasteiger partial charge in [-0.05, 0) is 26.3 Å². The lowest BCUT2D eigenvalue weighted by molar-refractivity contribution is -0.137. The first-order valence-corrected chi connectivity index (χ1v) is 5.57. The average Bonchev–Trinajstić information content (AvgIpc) is 2.29. The highest BCUT2D eigenvalue weighted by Gasteiger charge is 2.11. The number of esters is 1. The molecule has 5 heteroatoms. The van der Waals surface area contributed by atoms with Gasteiger partial charge >= 0.3 is 5.97 Å². The Morgan fingerprint density at radius 2 is 2.24 bits per heavy atom. The fraction of sp³-hybridized carbons (Fsp3) is 0.500. The maximum absolute atomic E-state index is 11.6. The quantitative estimate of drug-likeness (QED) is 0.226. The largest absolute Gasteiger partial charge is 0.462 e. The highest BCUT2D eigenvalue weighted by Crippen LogP contribution is 2.02. The number of aliphatic imine (C=N–C) groups is 1. The first kappa shape index (κ1) is 15.4. The van der Waals surface area contributed by atoms with Crippen LogP contribution in [0.3, 0.4) is 0 Å². The first-order chi connectivity index (χ1) is 8.17. The van der Waals surface area contributed by atoms with Crippen LogP contribution in [0.2, 0.25) is 0 Å². The normalized spacial score (nSPS) is 13.1. The number of aliphatic hydroxyl groups is 1. The second kappa shape index (κ2) is 9.59. The number of hydrogen-bond donors (Lipinski definition) is 2. The predicted octanol–water partition coefficient (Wildman–Crippen LogP) is 0.792. The summed E-state index contributed by atoms with van der Waals surface area (Å²) in [6, 6.07) is 0. The van der Waals surface area contributed by atoms with Gasteiger partial charge in [-0.2, -0.15) is 0 Å². The van der Waals surface area contributed by atoms with Crippen molar-refractivity contribution in [1.82, 2.24) is 0 Å².